The highest BCUT2D eigenvalue weighted by molar-refractivity contribution is 5.89. The van der Waals surface area contributed by atoms with E-state index < -0.39 is 0 Å². The van der Waals surface area contributed by atoms with Gasteiger partial charge in [0.1, 0.15) is 0 Å². The summed E-state index contributed by atoms with van der Waals surface area (Å²) in [5.74, 6) is 0.659. The van der Waals surface area contributed by atoms with Crippen LogP contribution in [0.15, 0.2) is 89.9 Å². The molecule has 0 spiro atoms. The molecular weight excluding hydrogens is 328 g/mol. The smallest absolute Gasteiger partial charge is 0.0860 e. The van der Waals surface area contributed by atoms with Crippen molar-refractivity contribution in [2.45, 2.75) is 39.2 Å². The lowest BCUT2D eigenvalue weighted by atomic mass is 10.0. The van der Waals surface area contributed by atoms with Crippen LogP contribution in [0.5, 0.6) is 0 Å². The third-order valence-corrected chi connectivity index (χ3v) is 4.71. The van der Waals surface area contributed by atoms with Crippen LogP contribution in [-0.2, 0) is 0 Å². The molecule has 4 rings (SSSR count). The van der Waals surface area contributed by atoms with Crippen LogP contribution in [0, 0.1) is 0 Å². The van der Waals surface area contributed by atoms with Crippen LogP contribution in [0.25, 0.3) is 0 Å². The molecule has 1 unspecified atom stereocenters. The van der Waals surface area contributed by atoms with Crippen molar-refractivity contribution in [3.05, 3.63) is 96.1 Å². The standard InChI is InChI=1S/C16H16N2.C9H12.H2/c1-12-11-16(13-7-3-2-4-8-13)18-15-10-6-5-9-14(15)17-12;1-8(2)9-6-4-3-5-7-9;/h2-10,16,18H,11H2,1H3;3-8H,1-2H3;1H. The summed E-state index contributed by atoms with van der Waals surface area (Å²) < 4.78 is 0. The summed E-state index contributed by atoms with van der Waals surface area (Å²) in [5.41, 5.74) is 6.04. The maximum absolute atomic E-state index is 4.67. The Bertz CT molecular complexity index is 873. The third-order valence-electron chi connectivity index (χ3n) is 4.71. The summed E-state index contributed by atoms with van der Waals surface area (Å²) in [7, 11) is 0. The summed E-state index contributed by atoms with van der Waals surface area (Å²) >= 11 is 0. The van der Waals surface area contributed by atoms with Crippen LogP contribution >= 0.6 is 0 Å². The number of anilines is 1. The molecule has 140 valence electrons. The molecule has 2 nitrogen and oxygen atoms in total. The number of benzene rings is 3. The van der Waals surface area contributed by atoms with Gasteiger partial charge < -0.3 is 5.32 Å². The highest BCUT2D eigenvalue weighted by Crippen LogP contribution is 2.33. The Labute approximate surface area is 164 Å². The highest BCUT2D eigenvalue weighted by atomic mass is 15.0. The molecular formula is C25H30N2. The van der Waals surface area contributed by atoms with Gasteiger partial charge in [-0.05, 0) is 36.1 Å². The lowest BCUT2D eigenvalue weighted by Gasteiger charge is -2.18. The lowest BCUT2D eigenvalue weighted by Crippen LogP contribution is -2.12. The van der Waals surface area contributed by atoms with Crippen molar-refractivity contribution in [2.75, 3.05) is 5.32 Å². The van der Waals surface area contributed by atoms with E-state index in [1.54, 1.807) is 0 Å². The zero-order chi connectivity index (χ0) is 19.1. The minimum atomic E-state index is 0. The van der Waals surface area contributed by atoms with Gasteiger partial charge in [0.15, 0.2) is 0 Å². The molecule has 0 amide bonds. The number of hydrogen-bond donors (Lipinski definition) is 1. The van der Waals surface area contributed by atoms with Crippen LogP contribution in [-0.4, -0.2) is 5.71 Å². The Balaban J connectivity index is 0.000000239. The monoisotopic (exact) mass is 358 g/mol. The molecule has 27 heavy (non-hydrogen) atoms. The molecule has 0 bridgehead atoms. The van der Waals surface area contributed by atoms with Crippen LogP contribution in [0.4, 0.5) is 11.4 Å². The van der Waals surface area contributed by atoms with E-state index >= 15 is 0 Å². The SMILES string of the molecule is CC(C)c1ccccc1.CC1=Nc2ccccc2NC(c2ccccc2)C1.[HH]. The maximum Gasteiger partial charge on any atom is 0.0860 e. The van der Waals surface area contributed by atoms with E-state index in [9.17, 15) is 0 Å². The quantitative estimate of drug-likeness (QED) is 0.507. The van der Waals surface area contributed by atoms with Crippen LogP contribution in [0.3, 0.4) is 0 Å². The van der Waals surface area contributed by atoms with Crippen molar-refractivity contribution in [3.8, 4) is 0 Å². The first-order valence-corrected chi connectivity index (χ1v) is 9.63. The first-order chi connectivity index (χ1) is 13.1. The van der Waals surface area contributed by atoms with Gasteiger partial charge in [0.05, 0.1) is 17.4 Å². The van der Waals surface area contributed by atoms with Gasteiger partial charge in [-0.1, -0.05) is 86.6 Å². The minimum Gasteiger partial charge on any atom is -0.376 e. The molecule has 0 saturated carbocycles. The molecule has 1 atom stereocenters. The van der Waals surface area contributed by atoms with Crippen molar-refractivity contribution in [1.82, 2.24) is 0 Å². The first-order valence-electron chi connectivity index (χ1n) is 9.63. The van der Waals surface area contributed by atoms with E-state index in [2.05, 4.69) is 97.8 Å². The second-order valence-corrected chi connectivity index (χ2v) is 7.24. The van der Waals surface area contributed by atoms with Gasteiger partial charge in [-0.15, -0.1) is 0 Å². The zero-order valence-electron chi connectivity index (χ0n) is 16.4. The average molecular weight is 359 g/mol. The largest absolute Gasteiger partial charge is 0.376 e. The molecule has 0 aromatic heterocycles. The Hall–Kier alpha value is -2.87. The molecule has 3 aromatic carbocycles. The van der Waals surface area contributed by atoms with Crippen molar-refractivity contribution in [2.24, 2.45) is 4.99 Å². The first kappa shape index (κ1) is 18.9. The average Bonchev–Trinajstić information content (AvgIpc) is 2.88. The van der Waals surface area contributed by atoms with Gasteiger partial charge in [0.25, 0.3) is 0 Å². The van der Waals surface area contributed by atoms with Crippen molar-refractivity contribution in [3.63, 3.8) is 0 Å². The molecule has 1 aliphatic heterocycles. The van der Waals surface area contributed by atoms with Crippen molar-refractivity contribution in [1.29, 1.82) is 0 Å². The molecule has 2 heteroatoms. The summed E-state index contributed by atoms with van der Waals surface area (Å²) in [6.45, 7) is 6.50. The number of rotatable bonds is 2. The fourth-order valence-corrected chi connectivity index (χ4v) is 3.20. The number of para-hydroxylation sites is 2. The summed E-state index contributed by atoms with van der Waals surface area (Å²) in [4.78, 5) is 4.67. The van der Waals surface area contributed by atoms with Gasteiger partial charge in [0.2, 0.25) is 0 Å². The van der Waals surface area contributed by atoms with Gasteiger partial charge >= 0.3 is 0 Å². The normalized spacial score (nSPS) is 15.6. The molecule has 0 saturated heterocycles. The number of nitrogens with zero attached hydrogens (tertiary/aromatic N) is 1. The Morgan fingerprint density at radius 3 is 2.07 bits per heavy atom. The lowest BCUT2D eigenvalue weighted by molar-refractivity contribution is 0.826. The Morgan fingerprint density at radius 2 is 1.44 bits per heavy atom. The van der Waals surface area contributed by atoms with Crippen LogP contribution < -0.4 is 5.32 Å². The Kier molecular flexibility index (Phi) is 6.43. The molecule has 1 N–H and O–H groups in total. The van der Waals surface area contributed by atoms with Crippen molar-refractivity contribution < 1.29 is 1.43 Å². The third kappa shape index (κ3) is 5.30. The van der Waals surface area contributed by atoms with E-state index in [0.717, 1.165) is 17.8 Å². The summed E-state index contributed by atoms with van der Waals surface area (Å²) in [6, 6.07) is 29.6. The maximum atomic E-state index is 4.67. The number of fused-ring (bicyclic) bond motifs is 1. The molecule has 0 radical (unpaired) electrons. The predicted octanol–water partition coefficient (Wildman–Crippen LogP) is 7.39. The summed E-state index contributed by atoms with van der Waals surface area (Å²) in [6.07, 6.45) is 0.943. The van der Waals surface area contributed by atoms with E-state index in [1.807, 2.05) is 18.2 Å². The molecule has 3 aromatic rings. The van der Waals surface area contributed by atoms with Crippen LogP contribution in [0.1, 0.15) is 51.7 Å². The fourth-order valence-electron chi connectivity index (χ4n) is 3.20. The minimum absolute atomic E-state index is 0. The molecule has 0 fully saturated rings. The number of nitrogens with one attached hydrogen (secondary N) is 1. The van der Waals surface area contributed by atoms with E-state index in [1.165, 1.54) is 16.8 Å². The molecule has 0 aliphatic carbocycles. The van der Waals surface area contributed by atoms with E-state index in [0.29, 0.717) is 12.0 Å². The van der Waals surface area contributed by atoms with E-state index in [4.69, 9.17) is 0 Å². The van der Waals surface area contributed by atoms with Gasteiger partial charge in [-0.25, -0.2) is 0 Å². The van der Waals surface area contributed by atoms with E-state index in [-0.39, 0.29) is 1.43 Å². The second-order valence-electron chi connectivity index (χ2n) is 7.24. The molecule has 1 heterocycles. The van der Waals surface area contributed by atoms with Gasteiger partial charge in [0, 0.05) is 13.6 Å². The van der Waals surface area contributed by atoms with Gasteiger partial charge in [-0.2, -0.15) is 0 Å². The number of hydrogen-bond acceptors (Lipinski definition) is 2. The topological polar surface area (TPSA) is 24.4 Å². The van der Waals surface area contributed by atoms with Gasteiger partial charge in [-0.3, -0.25) is 4.99 Å². The molecule has 1 aliphatic rings. The fraction of sp³-hybridized carbons (Fsp3) is 0.240. The second kappa shape index (κ2) is 9.18. The predicted molar refractivity (Wildman–Crippen MR) is 119 cm³/mol. The summed E-state index contributed by atoms with van der Waals surface area (Å²) in [5, 5.41) is 3.59. The highest BCUT2D eigenvalue weighted by Gasteiger charge is 2.17. The Morgan fingerprint density at radius 1 is 0.852 bits per heavy atom. The van der Waals surface area contributed by atoms with Crippen molar-refractivity contribution >= 4 is 17.1 Å². The number of aliphatic imine (C=N–C) groups is 1. The zero-order valence-corrected chi connectivity index (χ0v) is 16.4. The van der Waals surface area contributed by atoms with Crippen LogP contribution in [0.2, 0.25) is 0 Å².